The minimum atomic E-state index is -4.26. The van der Waals surface area contributed by atoms with E-state index in [1.807, 2.05) is 0 Å². The van der Waals surface area contributed by atoms with E-state index >= 15 is 0 Å². The molecular weight excluding hydrogens is 269 g/mol. The predicted molar refractivity (Wildman–Crippen MR) is 36.2 cm³/mol. The zero-order valence-corrected chi connectivity index (χ0v) is 4.89. The van der Waals surface area contributed by atoms with Crippen LogP contribution in [-0.4, -0.2) is 68.5 Å². The van der Waals surface area contributed by atoms with Crippen LogP contribution in [-0.2, 0) is 14.6 Å². The van der Waals surface area contributed by atoms with Gasteiger partial charge in [0.15, 0.2) is 0 Å². The second kappa shape index (κ2) is 5.93. The van der Waals surface area contributed by atoms with Gasteiger partial charge >= 0.3 is 59.3 Å². The molecule has 0 radical (unpaired) electrons. The third-order valence-electron chi connectivity index (χ3n) is 0.335. The van der Waals surface area contributed by atoms with Crippen molar-refractivity contribution in [1.29, 1.82) is 0 Å². The van der Waals surface area contributed by atoms with Crippen molar-refractivity contribution in [1.82, 2.24) is 0 Å². The van der Waals surface area contributed by atoms with Crippen molar-refractivity contribution in [2.24, 2.45) is 0 Å². The van der Waals surface area contributed by atoms with Crippen molar-refractivity contribution < 1.29 is 17.2 Å². The Morgan fingerprint density at radius 1 is 1.67 bits per heavy atom. The molecule has 52 valence electrons. The third-order valence-corrected chi connectivity index (χ3v) is 0.769. The van der Waals surface area contributed by atoms with Crippen molar-refractivity contribution in [3.8, 4) is 0 Å². The molecule has 0 aromatic heterocycles. The average Bonchev–Trinajstić information content (AvgIpc) is 1.59. The molecule has 0 aliphatic rings. The van der Waals surface area contributed by atoms with E-state index in [4.69, 9.17) is 4.55 Å². The number of hydrogen-bond donors (Lipinski definition) is 1. The summed E-state index contributed by atoms with van der Waals surface area (Å²) < 4.78 is 31.0. The fraction of sp³-hybridized carbons (Fsp3) is 0.333. The number of hydrogen-bond acceptors (Lipinski definition) is 3. The Balaban J connectivity index is 0. The van der Waals surface area contributed by atoms with Gasteiger partial charge in [0.25, 0.3) is 0 Å². The van der Waals surface area contributed by atoms with E-state index in [1.165, 1.54) is 6.08 Å². The van der Waals surface area contributed by atoms with Gasteiger partial charge in [-0.2, -0.15) is 8.42 Å². The molecule has 6 heteroatoms. The average molecular weight is 277 g/mol. The van der Waals surface area contributed by atoms with E-state index in [9.17, 15) is 8.42 Å². The molecule has 0 saturated heterocycles. The summed E-state index contributed by atoms with van der Waals surface area (Å²) in [5.41, 5.74) is 0. The van der Waals surface area contributed by atoms with Crippen LogP contribution in [0.25, 0.3) is 0 Å². The van der Waals surface area contributed by atoms with Gasteiger partial charge in [0.2, 0.25) is 0 Å². The summed E-state index contributed by atoms with van der Waals surface area (Å²) in [5, 5.41) is 0. The molecule has 0 fully saturated rings. The molecule has 1 N–H and O–H groups in total. The third kappa shape index (κ3) is 12.4. The summed E-state index contributed by atoms with van der Waals surface area (Å²) in [6.07, 6.45) is 1.22. The maximum atomic E-state index is 9.68. The molecule has 0 aliphatic heterocycles. The summed E-state index contributed by atoms with van der Waals surface area (Å²) in [4.78, 5) is 0. The van der Waals surface area contributed by atoms with E-state index in [0.717, 1.165) is 0 Å². The molecule has 0 heterocycles. The monoisotopic (exact) mass is 278 g/mol. The van der Waals surface area contributed by atoms with Gasteiger partial charge in [-0.1, -0.05) is 6.08 Å². The van der Waals surface area contributed by atoms with E-state index < -0.39 is 10.4 Å². The standard InChI is InChI=1S/C3H6O4S.Ba.2H/c1-2-3-7-8(4,5)6;;;/h2H,1,3H2,(H,4,5,6);;;. The van der Waals surface area contributed by atoms with Crippen LogP contribution in [0.2, 0.25) is 0 Å². The van der Waals surface area contributed by atoms with Gasteiger partial charge in [-0.3, -0.25) is 4.55 Å². The molecule has 0 unspecified atom stereocenters. The van der Waals surface area contributed by atoms with Crippen LogP contribution in [0, 0.1) is 0 Å². The quantitative estimate of drug-likeness (QED) is 0.411. The van der Waals surface area contributed by atoms with Gasteiger partial charge in [-0.15, -0.1) is 6.58 Å². The van der Waals surface area contributed by atoms with Crippen LogP contribution >= 0.6 is 0 Å². The predicted octanol–water partition coefficient (Wildman–Crippen LogP) is -0.924. The van der Waals surface area contributed by atoms with E-state index in [2.05, 4.69) is 10.8 Å². The molecule has 0 aromatic rings. The Labute approximate surface area is 94.3 Å². The Hall–Kier alpha value is 1.18. The molecule has 0 amide bonds. The molecule has 9 heavy (non-hydrogen) atoms. The van der Waals surface area contributed by atoms with Crippen LogP contribution in [0.4, 0.5) is 0 Å². The van der Waals surface area contributed by atoms with Crippen LogP contribution in [0.3, 0.4) is 0 Å². The Morgan fingerprint density at radius 3 is 2.22 bits per heavy atom. The molecule has 0 rings (SSSR count). The zero-order chi connectivity index (χ0) is 6.62. The molecule has 4 nitrogen and oxygen atoms in total. The summed E-state index contributed by atoms with van der Waals surface area (Å²) >= 11 is 0. The zero-order valence-electron chi connectivity index (χ0n) is 4.07. The van der Waals surface area contributed by atoms with Crippen molar-refractivity contribution in [2.75, 3.05) is 6.61 Å². The van der Waals surface area contributed by atoms with Crippen molar-refractivity contribution >= 4 is 59.3 Å². The Morgan fingerprint density at radius 2 is 2.11 bits per heavy atom. The molecule has 0 saturated carbocycles. The van der Waals surface area contributed by atoms with Crippen molar-refractivity contribution in [3.63, 3.8) is 0 Å². The summed E-state index contributed by atoms with van der Waals surface area (Å²) in [6, 6.07) is 0. The Kier molecular flexibility index (Phi) is 8.45. The normalized spacial score (nSPS) is 9.89. The second-order valence-electron chi connectivity index (χ2n) is 1.00. The number of rotatable bonds is 3. The summed E-state index contributed by atoms with van der Waals surface area (Å²) in [7, 11) is -4.26. The van der Waals surface area contributed by atoms with Crippen molar-refractivity contribution in [2.45, 2.75) is 0 Å². The summed E-state index contributed by atoms with van der Waals surface area (Å²) in [6.45, 7) is 2.97. The molecule has 0 spiro atoms. The topological polar surface area (TPSA) is 63.6 Å². The fourth-order valence-corrected chi connectivity index (χ4v) is 0.402. The van der Waals surface area contributed by atoms with E-state index in [-0.39, 0.29) is 55.5 Å². The van der Waals surface area contributed by atoms with Crippen LogP contribution < -0.4 is 0 Å². The first-order valence-corrected chi connectivity index (χ1v) is 3.15. The van der Waals surface area contributed by atoms with Gasteiger partial charge in [-0.25, -0.2) is 4.18 Å². The van der Waals surface area contributed by atoms with E-state index in [0.29, 0.717) is 0 Å². The minimum absolute atomic E-state index is 0. The first-order chi connectivity index (χ1) is 3.56. The molecule has 0 aromatic carbocycles. The van der Waals surface area contributed by atoms with Crippen LogP contribution in [0.15, 0.2) is 12.7 Å². The molecular formula is C3H8BaO4S. The van der Waals surface area contributed by atoms with Crippen LogP contribution in [0.1, 0.15) is 0 Å². The van der Waals surface area contributed by atoms with Gasteiger partial charge in [0.1, 0.15) is 0 Å². The second-order valence-corrected chi connectivity index (χ2v) is 2.09. The SMILES string of the molecule is C=CCOS(=O)(=O)O.[BaH2]. The van der Waals surface area contributed by atoms with Gasteiger partial charge in [0, 0.05) is 0 Å². The molecule has 0 atom stereocenters. The van der Waals surface area contributed by atoms with E-state index in [1.54, 1.807) is 0 Å². The Bertz CT molecular complexity index is 161. The van der Waals surface area contributed by atoms with Gasteiger partial charge in [-0.05, 0) is 0 Å². The van der Waals surface area contributed by atoms with Gasteiger partial charge < -0.3 is 0 Å². The summed E-state index contributed by atoms with van der Waals surface area (Å²) in [5.74, 6) is 0. The molecule has 0 bridgehead atoms. The van der Waals surface area contributed by atoms with Crippen LogP contribution in [0.5, 0.6) is 0 Å². The van der Waals surface area contributed by atoms with Gasteiger partial charge in [0.05, 0.1) is 6.61 Å². The first kappa shape index (κ1) is 12.8. The molecule has 0 aliphatic carbocycles. The fourth-order valence-electron chi connectivity index (χ4n) is 0.134. The first-order valence-electron chi connectivity index (χ1n) is 1.79. The van der Waals surface area contributed by atoms with Crippen molar-refractivity contribution in [3.05, 3.63) is 12.7 Å². The maximum absolute atomic E-state index is 9.68.